The van der Waals surface area contributed by atoms with Gasteiger partial charge in [-0.3, -0.25) is 0 Å². The van der Waals surface area contributed by atoms with E-state index in [1.807, 2.05) is 0 Å². The van der Waals surface area contributed by atoms with Crippen molar-refractivity contribution in [3.05, 3.63) is 60.6 Å². The minimum atomic E-state index is 1.23. The first-order valence-electron chi connectivity index (χ1n) is 5.79. The number of aryl methyl sites for hydroxylation is 2. The number of fused-ring (bicyclic) bond motifs is 1. The van der Waals surface area contributed by atoms with Crippen molar-refractivity contribution in [2.75, 3.05) is 0 Å². The Bertz CT molecular complexity index is 666. The number of hydrogen-bond donors (Lipinski definition) is 0. The van der Waals surface area contributed by atoms with Crippen LogP contribution in [0.25, 0.3) is 16.8 Å². The molecule has 0 unspecified atom stereocenters. The van der Waals surface area contributed by atoms with E-state index in [4.69, 9.17) is 0 Å². The molecule has 0 saturated heterocycles. The first kappa shape index (κ1) is 10.1. The maximum Gasteiger partial charge on any atom is 0.294 e. The smallest absolute Gasteiger partial charge is 0.232 e. The van der Waals surface area contributed by atoms with Crippen molar-refractivity contribution in [1.82, 2.24) is 4.40 Å². The zero-order valence-electron chi connectivity index (χ0n) is 10.1. The molecule has 2 heterocycles. The van der Waals surface area contributed by atoms with E-state index in [1.54, 1.807) is 0 Å². The lowest BCUT2D eigenvalue weighted by Crippen LogP contribution is -2.26. The van der Waals surface area contributed by atoms with E-state index in [0.717, 1.165) is 0 Å². The van der Waals surface area contributed by atoms with E-state index in [-0.39, 0.29) is 0 Å². The van der Waals surface area contributed by atoms with E-state index in [0.29, 0.717) is 0 Å². The lowest BCUT2D eigenvalue weighted by atomic mass is 10.0. The van der Waals surface area contributed by atoms with E-state index in [1.165, 1.54) is 22.3 Å². The first-order valence-corrected chi connectivity index (χ1v) is 5.79. The van der Waals surface area contributed by atoms with Crippen LogP contribution in [0.5, 0.6) is 0 Å². The summed E-state index contributed by atoms with van der Waals surface area (Å²) in [7, 11) is 2.08. The molecular formula is C15H15N2+. The van der Waals surface area contributed by atoms with E-state index in [9.17, 15) is 0 Å². The normalized spacial score (nSPS) is 10.9. The van der Waals surface area contributed by atoms with Crippen molar-refractivity contribution in [3.63, 3.8) is 0 Å². The fraction of sp³-hybridized carbons (Fsp3) is 0.133. The molecule has 3 rings (SSSR count). The Kier molecular flexibility index (Phi) is 2.22. The molecule has 2 aromatic heterocycles. The minimum absolute atomic E-state index is 1.23. The molecule has 1 aromatic carbocycles. The highest BCUT2D eigenvalue weighted by Gasteiger charge is 2.15. The van der Waals surface area contributed by atoms with Crippen LogP contribution in [0.1, 0.15) is 5.56 Å². The summed E-state index contributed by atoms with van der Waals surface area (Å²) >= 11 is 0. The predicted molar refractivity (Wildman–Crippen MR) is 68.7 cm³/mol. The monoisotopic (exact) mass is 223 g/mol. The van der Waals surface area contributed by atoms with Crippen LogP contribution in [0.4, 0.5) is 0 Å². The number of pyridine rings is 1. The van der Waals surface area contributed by atoms with Gasteiger partial charge in [0.25, 0.3) is 5.65 Å². The highest BCUT2D eigenvalue weighted by Crippen LogP contribution is 2.26. The van der Waals surface area contributed by atoms with Crippen LogP contribution in [-0.2, 0) is 7.05 Å². The zero-order valence-corrected chi connectivity index (χ0v) is 10.1. The summed E-state index contributed by atoms with van der Waals surface area (Å²) in [6, 6.07) is 12.7. The van der Waals surface area contributed by atoms with Crippen molar-refractivity contribution < 1.29 is 4.57 Å². The largest absolute Gasteiger partial charge is 0.294 e. The SMILES string of the molecule is Cc1ccn2cc[n+](C)c2c1-c1ccccc1. The summed E-state index contributed by atoms with van der Waals surface area (Å²) in [5.74, 6) is 0. The molecule has 2 nitrogen and oxygen atoms in total. The molecule has 0 aliphatic carbocycles. The second kappa shape index (κ2) is 3.74. The minimum Gasteiger partial charge on any atom is -0.232 e. The van der Waals surface area contributed by atoms with Gasteiger partial charge in [0.05, 0.1) is 18.8 Å². The molecule has 17 heavy (non-hydrogen) atoms. The molecule has 0 N–H and O–H groups in total. The van der Waals surface area contributed by atoms with Crippen molar-refractivity contribution in [2.45, 2.75) is 6.92 Å². The van der Waals surface area contributed by atoms with E-state index >= 15 is 0 Å². The van der Waals surface area contributed by atoms with Gasteiger partial charge in [-0.2, -0.15) is 0 Å². The molecule has 2 heteroatoms. The molecule has 0 fully saturated rings. The Morgan fingerprint density at radius 2 is 1.76 bits per heavy atom. The molecule has 0 amide bonds. The maximum atomic E-state index is 2.16. The number of aromatic nitrogens is 2. The third-order valence-electron chi connectivity index (χ3n) is 3.20. The van der Waals surface area contributed by atoms with Crippen molar-refractivity contribution in [1.29, 1.82) is 0 Å². The molecule has 0 radical (unpaired) electrons. The first-order chi connectivity index (χ1) is 8.27. The van der Waals surface area contributed by atoms with Crippen LogP contribution in [-0.4, -0.2) is 4.40 Å². The maximum absolute atomic E-state index is 2.16. The summed E-state index contributed by atoms with van der Waals surface area (Å²) in [6.45, 7) is 2.16. The summed E-state index contributed by atoms with van der Waals surface area (Å²) < 4.78 is 4.32. The van der Waals surface area contributed by atoms with Gasteiger partial charge in [0, 0.05) is 0 Å². The Morgan fingerprint density at radius 3 is 2.53 bits per heavy atom. The third kappa shape index (κ3) is 1.53. The van der Waals surface area contributed by atoms with Crippen LogP contribution in [0.2, 0.25) is 0 Å². The van der Waals surface area contributed by atoms with Crippen molar-refractivity contribution >= 4 is 5.65 Å². The Balaban J connectivity index is 2.42. The van der Waals surface area contributed by atoms with Gasteiger partial charge < -0.3 is 0 Å². The molecule has 0 aliphatic heterocycles. The molecule has 84 valence electrons. The average molecular weight is 223 g/mol. The molecule has 0 saturated carbocycles. The second-order valence-corrected chi connectivity index (χ2v) is 4.38. The van der Waals surface area contributed by atoms with Gasteiger partial charge in [-0.1, -0.05) is 30.3 Å². The number of hydrogen-bond acceptors (Lipinski definition) is 0. The van der Waals surface area contributed by atoms with Crippen LogP contribution in [0.3, 0.4) is 0 Å². The van der Waals surface area contributed by atoms with Crippen molar-refractivity contribution in [2.24, 2.45) is 7.05 Å². The Morgan fingerprint density at radius 1 is 1.00 bits per heavy atom. The summed E-state index contributed by atoms with van der Waals surface area (Å²) in [4.78, 5) is 0. The molecule has 0 aliphatic rings. The molecule has 3 aromatic rings. The van der Waals surface area contributed by atoms with Gasteiger partial charge in [-0.25, -0.2) is 8.97 Å². The van der Waals surface area contributed by atoms with Gasteiger partial charge in [0.2, 0.25) is 0 Å². The topological polar surface area (TPSA) is 8.29 Å². The summed E-state index contributed by atoms with van der Waals surface area (Å²) in [6.07, 6.45) is 6.28. The number of imidazole rings is 1. The Labute approximate surface area is 101 Å². The number of benzene rings is 1. The second-order valence-electron chi connectivity index (χ2n) is 4.38. The lowest BCUT2D eigenvalue weighted by Gasteiger charge is -2.05. The fourth-order valence-corrected chi connectivity index (χ4v) is 2.33. The van der Waals surface area contributed by atoms with Crippen LogP contribution < -0.4 is 4.57 Å². The molecule has 0 bridgehead atoms. The summed E-state index contributed by atoms with van der Waals surface area (Å²) in [5.41, 5.74) is 5.11. The molecule has 0 atom stereocenters. The average Bonchev–Trinajstić information content (AvgIpc) is 2.73. The van der Waals surface area contributed by atoms with Gasteiger partial charge in [0.15, 0.2) is 0 Å². The van der Waals surface area contributed by atoms with Crippen LogP contribution in [0.15, 0.2) is 55.0 Å². The fourth-order valence-electron chi connectivity index (χ4n) is 2.33. The quantitative estimate of drug-likeness (QED) is 0.561. The highest BCUT2D eigenvalue weighted by atomic mass is 15.1. The molecule has 0 spiro atoms. The molecular weight excluding hydrogens is 208 g/mol. The van der Waals surface area contributed by atoms with Crippen LogP contribution >= 0.6 is 0 Å². The zero-order chi connectivity index (χ0) is 11.8. The van der Waals surface area contributed by atoms with Gasteiger partial charge in [0.1, 0.15) is 12.4 Å². The standard InChI is InChI=1S/C15H15N2/c1-12-8-9-17-11-10-16(2)15(17)14(12)13-6-4-3-5-7-13/h3-11H,1-2H3/q+1. The van der Waals surface area contributed by atoms with E-state index in [2.05, 4.69) is 77.9 Å². The van der Waals surface area contributed by atoms with Crippen molar-refractivity contribution in [3.8, 4) is 11.1 Å². The van der Waals surface area contributed by atoms with Crippen LogP contribution in [0, 0.1) is 6.92 Å². The van der Waals surface area contributed by atoms with Gasteiger partial charge >= 0.3 is 0 Å². The highest BCUT2D eigenvalue weighted by molar-refractivity contribution is 5.78. The van der Waals surface area contributed by atoms with E-state index < -0.39 is 0 Å². The van der Waals surface area contributed by atoms with Gasteiger partial charge in [-0.15, -0.1) is 0 Å². The summed E-state index contributed by atoms with van der Waals surface area (Å²) in [5, 5.41) is 0. The Hall–Kier alpha value is -2.09. The lowest BCUT2D eigenvalue weighted by molar-refractivity contribution is -0.644. The van der Waals surface area contributed by atoms with Gasteiger partial charge in [-0.05, 0) is 24.1 Å². The number of nitrogens with zero attached hydrogens (tertiary/aromatic N) is 2. The number of rotatable bonds is 1. The third-order valence-corrected chi connectivity index (χ3v) is 3.20. The predicted octanol–water partition coefficient (Wildman–Crippen LogP) is 2.74.